The summed E-state index contributed by atoms with van der Waals surface area (Å²) in [6.07, 6.45) is 4.21. The number of hydrogen-bond donors (Lipinski definition) is 0. The molecule has 0 N–H and O–H groups in total. The minimum atomic E-state index is 0.313. The van der Waals surface area contributed by atoms with Gasteiger partial charge in [-0.25, -0.2) is 0 Å². The van der Waals surface area contributed by atoms with Crippen LogP contribution in [0.5, 0.6) is 34.5 Å². The Hall–Kier alpha value is -4.46. The summed E-state index contributed by atoms with van der Waals surface area (Å²) in [5.41, 5.74) is 2.75. The molecule has 0 atom stereocenters. The summed E-state index contributed by atoms with van der Waals surface area (Å²) in [4.78, 5) is 22.1. The van der Waals surface area contributed by atoms with E-state index in [9.17, 15) is 9.59 Å². The molecule has 8 heteroatoms. The summed E-state index contributed by atoms with van der Waals surface area (Å²) in [6, 6.07) is 16.4. The second-order valence-corrected chi connectivity index (χ2v) is 7.67. The third-order valence-electron chi connectivity index (χ3n) is 5.72. The molecule has 0 aliphatic rings. The van der Waals surface area contributed by atoms with Gasteiger partial charge in [-0.05, 0) is 42.8 Å². The Balaban J connectivity index is 0.000000328. The Morgan fingerprint density at radius 3 is 1.21 bits per heavy atom. The fourth-order valence-corrected chi connectivity index (χ4v) is 3.90. The summed E-state index contributed by atoms with van der Waals surface area (Å²) < 4.78 is 31.8. The van der Waals surface area contributed by atoms with Crippen molar-refractivity contribution >= 4 is 18.1 Å². The van der Waals surface area contributed by atoms with Crippen LogP contribution in [0.3, 0.4) is 0 Å². The van der Waals surface area contributed by atoms with E-state index in [1.165, 1.54) is 0 Å². The molecule has 0 saturated heterocycles. The van der Waals surface area contributed by atoms with Gasteiger partial charge in [0, 0.05) is 23.1 Å². The molecule has 0 spiro atoms. The number of hydrogen-bond acceptors (Lipinski definition) is 8. The lowest BCUT2D eigenvalue weighted by atomic mass is 10.0. The molecule has 0 aliphatic heterocycles. The molecule has 3 rings (SSSR count). The van der Waals surface area contributed by atoms with Crippen molar-refractivity contribution in [1.82, 2.24) is 0 Å². The van der Waals surface area contributed by atoms with Crippen LogP contribution in [0.25, 0.3) is 5.57 Å². The highest BCUT2D eigenvalue weighted by Crippen LogP contribution is 2.35. The maximum absolute atomic E-state index is 11.7. The quantitative estimate of drug-likeness (QED) is 0.243. The van der Waals surface area contributed by atoms with Crippen LogP contribution in [0.15, 0.2) is 60.7 Å². The zero-order valence-corrected chi connectivity index (χ0v) is 22.6. The number of rotatable bonds is 12. The van der Waals surface area contributed by atoms with E-state index in [-0.39, 0.29) is 0 Å². The van der Waals surface area contributed by atoms with Crippen LogP contribution < -0.4 is 28.4 Å². The van der Waals surface area contributed by atoms with Gasteiger partial charge in [0.05, 0.1) is 48.2 Å². The molecule has 0 aromatic heterocycles. The van der Waals surface area contributed by atoms with Crippen LogP contribution in [-0.2, 0) is 22.4 Å². The van der Waals surface area contributed by atoms with Crippen LogP contribution in [-0.4, -0.2) is 55.2 Å². The minimum Gasteiger partial charge on any atom is -0.496 e. The lowest BCUT2D eigenvalue weighted by Crippen LogP contribution is -1.99. The second-order valence-electron chi connectivity index (χ2n) is 7.67. The maximum Gasteiger partial charge on any atom is 0.150 e. The summed E-state index contributed by atoms with van der Waals surface area (Å²) in [5.74, 6) is 3.92. The topological polar surface area (TPSA) is 89.5 Å². The fraction of sp³-hybridized carbons (Fsp3) is 0.267. The van der Waals surface area contributed by atoms with E-state index < -0.39 is 0 Å². The van der Waals surface area contributed by atoms with Crippen molar-refractivity contribution < 1.29 is 38.0 Å². The van der Waals surface area contributed by atoms with Crippen molar-refractivity contribution in [2.24, 2.45) is 0 Å². The average molecular weight is 523 g/mol. The molecule has 8 nitrogen and oxygen atoms in total. The Labute approximate surface area is 223 Å². The highest BCUT2D eigenvalue weighted by Gasteiger charge is 2.16. The Morgan fingerprint density at radius 1 is 0.553 bits per heavy atom. The smallest absolute Gasteiger partial charge is 0.150 e. The van der Waals surface area contributed by atoms with Crippen molar-refractivity contribution in [2.45, 2.75) is 12.8 Å². The molecule has 0 amide bonds. The second kappa shape index (κ2) is 15.6. The zero-order valence-electron chi connectivity index (χ0n) is 22.6. The summed E-state index contributed by atoms with van der Waals surface area (Å²) >= 11 is 0. The molecular weight excluding hydrogens is 488 g/mol. The van der Waals surface area contributed by atoms with Gasteiger partial charge in [0.15, 0.2) is 6.29 Å². The van der Waals surface area contributed by atoms with Gasteiger partial charge in [0.25, 0.3) is 0 Å². The van der Waals surface area contributed by atoms with Gasteiger partial charge in [0.2, 0.25) is 0 Å². The normalized spacial score (nSPS) is 10.4. The number of aldehydes is 2. The Bertz CT molecular complexity index is 1170. The molecule has 0 fully saturated rings. The fourth-order valence-electron chi connectivity index (χ4n) is 3.90. The van der Waals surface area contributed by atoms with Crippen molar-refractivity contribution in [3.63, 3.8) is 0 Å². The van der Waals surface area contributed by atoms with Crippen LogP contribution in [0, 0.1) is 0 Å². The molecule has 0 bridgehead atoms. The summed E-state index contributed by atoms with van der Waals surface area (Å²) in [6.45, 7) is 0. The van der Waals surface area contributed by atoms with E-state index in [0.717, 1.165) is 23.7 Å². The Kier molecular flexibility index (Phi) is 12.2. The molecule has 38 heavy (non-hydrogen) atoms. The highest BCUT2D eigenvalue weighted by atomic mass is 16.5. The Morgan fingerprint density at radius 2 is 0.895 bits per heavy atom. The molecule has 0 saturated carbocycles. The SMILES string of the molecule is COc1cccc(OC)c1CC=C(C=O)c1c(OC)cccc1OC.COc1cccc(OC)c1CC=O. The molecule has 3 aromatic rings. The maximum atomic E-state index is 11.7. The average Bonchev–Trinajstić information content (AvgIpc) is 2.97. The number of methoxy groups -OCH3 is 6. The van der Waals surface area contributed by atoms with Crippen molar-refractivity contribution in [1.29, 1.82) is 0 Å². The number of carbonyl (C=O) groups is 2. The molecular formula is C30H34O8. The third kappa shape index (κ3) is 7.29. The predicted octanol–water partition coefficient (Wildman–Crippen LogP) is 4.99. The van der Waals surface area contributed by atoms with Crippen LogP contribution in [0.2, 0.25) is 0 Å². The third-order valence-corrected chi connectivity index (χ3v) is 5.72. The minimum absolute atomic E-state index is 0.313. The molecule has 3 aromatic carbocycles. The first-order valence-electron chi connectivity index (χ1n) is 11.7. The van der Waals surface area contributed by atoms with Crippen molar-refractivity contribution in [3.05, 3.63) is 77.4 Å². The van der Waals surface area contributed by atoms with Gasteiger partial charge < -0.3 is 33.2 Å². The zero-order chi connectivity index (χ0) is 27.9. The monoisotopic (exact) mass is 522 g/mol. The van der Waals surface area contributed by atoms with E-state index >= 15 is 0 Å². The first-order valence-corrected chi connectivity index (χ1v) is 11.7. The molecule has 202 valence electrons. The number of allylic oxidation sites excluding steroid dienone is 2. The van der Waals surface area contributed by atoms with Gasteiger partial charge >= 0.3 is 0 Å². The van der Waals surface area contributed by atoms with E-state index in [2.05, 4.69) is 0 Å². The predicted molar refractivity (Wildman–Crippen MR) is 146 cm³/mol. The van der Waals surface area contributed by atoms with Crippen LogP contribution in [0.4, 0.5) is 0 Å². The summed E-state index contributed by atoms with van der Waals surface area (Å²) in [7, 11) is 9.47. The van der Waals surface area contributed by atoms with Gasteiger partial charge in [0.1, 0.15) is 40.8 Å². The van der Waals surface area contributed by atoms with Gasteiger partial charge in [-0.3, -0.25) is 4.79 Å². The highest BCUT2D eigenvalue weighted by molar-refractivity contribution is 6.09. The van der Waals surface area contributed by atoms with Gasteiger partial charge in [-0.15, -0.1) is 0 Å². The number of benzene rings is 3. The first-order chi connectivity index (χ1) is 18.5. The standard InChI is InChI=1S/C20H22O5.C10H12O3/c1-22-16-7-5-8-17(23-2)15(16)12-11-14(13-21)20-18(24-3)9-6-10-19(20)25-4;1-12-9-4-3-5-10(13-2)8(9)6-7-11/h5-11,13H,12H2,1-4H3;3-5,7H,6H2,1-2H3. The van der Waals surface area contributed by atoms with Crippen LogP contribution in [0.1, 0.15) is 16.7 Å². The first kappa shape index (κ1) is 29.8. The largest absolute Gasteiger partial charge is 0.496 e. The number of carbonyl (C=O) groups excluding carboxylic acids is 2. The van der Waals surface area contributed by atoms with Gasteiger partial charge in [-0.1, -0.05) is 24.3 Å². The lowest BCUT2D eigenvalue weighted by molar-refractivity contribution is -0.107. The lowest BCUT2D eigenvalue weighted by Gasteiger charge is -2.14. The molecule has 0 radical (unpaired) electrons. The van der Waals surface area contributed by atoms with E-state index in [1.54, 1.807) is 66.9 Å². The molecule has 0 aliphatic carbocycles. The van der Waals surface area contributed by atoms with Crippen LogP contribution >= 0.6 is 0 Å². The van der Waals surface area contributed by atoms with E-state index in [1.807, 2.05) is 36.4 Å². The van der Waals surface area contributed by atoms with E-state index in [0.29, 0.717) is 58.5 Å². The van der Waals surface area contributed by atoms with Crippen molar-refractivity contribution in [2.75, 3.05) is 42.7 Å². The summed E-state index contributed by atoms with van der Waals surface area (Å²) in [5, 5.41) is 0. The molecule has 0 unspecified atom stereocenters. The van der Waals surface area contributed by atoms with E-state index in [4.69, 9.17) is 28.4 Å². The van der Waals surface area contributed by atoms with Gasteiger partial charge in [-0.2, -0.15) is 0 Å². The van der Waals surface area contributed by atoms with Crippen molar-refractivity contribution in [3.8, 4) is 34.5 Å². The molecule has 0 heterocycles. The number of ether oxygens (including phenoxy) is 6.